The highest BCUT2D eigenvalue weighted by Crippen LogP contribution is 2.24. The van der Waals surface area contributed by atoms with Gasteiger partial charge in [0.1, 0.15) is 0 Å². The summed E-state index contributed by atoms with van der Waals surface area (Å²) in [6.45, 7) is 16.2. The highest BCUT2D eigenvalue weighted by molar-refractivity contribution is 8.00. The van der Waals surface area contributed by atoms with E-state index in [1.807, 2.05) is 4.68 Å². The highest BCUT2D eigenvalue weighted by atomic mass is 32.2. The first-order valence-electron chi connectivity index (χ1n) is 7.84. The summed E-state index contributed by atoms with van der Waals surface area (Å²) < 4.78 is 1.97. The van der Waals surface area contributed by atoms with Gasteiger partial charge in [-0.05, 0) is 20.8 Å². The Labute approximate surface area is 132 Å². The summed E-state index contributed by atoms with van der Waals surface area (Å²) in [5.74, 6) is 0. The average molecular weight is 311 g/mol. The Morgan fingerprint density at radius 3 is 2.52 bits per heavy atom. The van der Waals surface area contributed by atoms with Crippen molar-refractivity contribution in [1.82, 2.24) is 25.2 Å². The van der Waals surface area contributed by atoms with Crippen molar-refractivity contribution in [2.24, 2.45) is 0 Å². The normalized spacial score (nSPS) is 24.4. The third-order valence-electron chi connectivity index (χ3n) is 3.53. The zero-order chi connectivity index (χ0) is 15.5. The third kappa shape index (κ3) is 5.96. The quantitative estimate of drug-likeness (QED) is 0.901. The van der Waals surface area contributed by atoms with Crippen molar-refractivity contribution >= 4 is 11.8 Å². The molecule has 2 unspecified atom stereocenters. The molecular formula is C15H29N5S. The molecule has 1 aliphatic rings. The first-order chi connectivity index (χ1) is 9.82. The molecule has 21 heavy (non-hydrogen) atoms. The zero-order valence-corrected chi connectivity index (χ0v) is 14.8. The lowest BCUT2D eigenvalue weighted by atomic mass is 10.1. The second kappa shape index (κ2) is 7.11. The molecule has 2 rings (SSSR count). The smallest absolute Gasteiger partial charge is 0.0965 e. The van der Waals surface area contributed by atoms with Crippen LogP contribution in [0.3, 0.4) is 0 Å². The summed E-state index contributed by atoms with van der Waals surface area (Å²) in [4.78, 5) is 2.54. The molecule has 1 saturated heterocycles. The summed E-state index contributed by atoms with van der Waals surface area (Å²) in [5, 5.41) is 13.4. The largest absolute Gasteiger partial charge is 0.306 e. The van der Waals surface area contributed by atoms with E-state index >= 15 is 0 Å². The van der Waals surface area contributed by atoms with Crippen LogP contribution in [0.4, 0.5) is 0 Å². The summed E-state index contributed by atoms with van der Waals surface area (Å²) >= 11 is 2.09. The Hall–Kier alpha value is -0.590. The van der Waals surface area contributed by atoms with Crippen LogP contribution >= 0.6 is 11.8 Å². The molecule has 5 nitrogen and oxygen atoms in total. The number of hydrogen-bond acceptors (Lipinski definition) is 5. The van der Waals surface area contributed by atoms with E-state index in [9.17, 15) is 0 Å². The Morgan fingerprint density at radius 1 is 1.24 bits per heavy atom. The molecule has 2 heterocycles. The molecular weight excluding hydrogens is 282 g/mol. The molecule has 6 heteroatoms. The molecule has 1 aliphatic heterocycles. The molecule has 1 fully saturated rings. The van der Waals surface area contributed by atoms with Gasteiger partial charge in [0, 0.05) is 48.4 Å². The van der Waals surface area contributed by atoms with Crippen molar-refractivity contribution in [3.63, 3.8) is 0 Å². The van der Waals surface area contributed by atoms with Gasteiger partial charge in [-0.1, -0.05) is 19.1 Å². The number of aromatic nitrogens is 3. The molecule has 0 bridgehead atoms. The van der Waals surface area contributed by atoms with Crippen molar-refractivity contribution < 1.29 is 0 Å². The van der Waals surface area contributed by atoms with E-state index in [2.05, 4.69) is 73.1 Å². The molecule has 1 N–H and O–H groups in total. The summed E-state index contributed by atoms with van der Waals surface area (Å²) in [7, 11) is 0. The highest BCUT2D eigenvalue weighted by Gasteiger charge is 2.21. The predicted octanol–water partition coefficient (Wildman–Crippen LogP) is 1.99. The number of thioether (sulfide) groups is 1. The van der Waals surface area contributed by atoms with Gasteiger partial charge < -0.3 is 5.32 Å². The molecule has 0 aliphatic carbocycles. The van der Waals surface area contributed by atoms with Crippen LogP contribution in [-0.4, -0.2) is 55.6 Å². The number of rotatable bonds is 5. The minimum Gasteiger partial charge on any atom is -0.306 e. The third-order valence-corrected chi connectivity index (χ3v) is 4.75. The SMILES string of the molecule is CC1CN(CCn2cc(CNC(C)(C)C)nn2)CC(C)S1. The van der Waals surface area contributed by atoms with Crippen molar-refractivity contribution in [2.75, 3.05) is 19.6 Å². The Morgan fingerprint density at radius 2 is 1.90 bits per heavy atom. The fourth-order valence-electron chi connectivity index (χ4n) is 2.60. The Bertz CT molecular complexity index is 430. The van der Waals surface area contributed by atoms with Gasteiger partial charge in [0.2, 0.25) is 0 Å². The minimum absolute atomic E-state index is 0.113. The number of nitrogens with zero attached hydrogens (tertiary/aromatic N) is 4. The van der Waals surface area contributed by atoms with E-state index in [0.29, 0.717) is 0 Å². The van der Waals surface area contributed by atoms with E-state index in [1.165, 1.54) is 13.1 Å². The van der Waals surface area contributed by atoms with E-state index < -0.39 is 0 Å². The van der Waals surface area contributed by atoms with Crippen LogP contribution in [0, 0.1) is 0 Å². The van der Waals surface area contributed by atoms with Gasteiger partial charge in [0.15, 0.2) is 0 Å². The van der Waals surface area contributed by atoms with E-state index in [0.717, 1.165) is 35.8 Å². The van der Waals surface area contributed by atoms with Crippen LogP contribution in [0.2, 0.25) is 0 Å². The summed E-state index contributed by atoms with van der Waals surface area (Å²) in [6, 6.07) is 0. The minimum atomic E-state index is 0.113. The van der Waals surface area contributed by atoms with Crippen LogP contribution in [-0.2, 0) is 13.1 Å². The van der Waals surface area contributed by atoms with Gasteiger partial charge in [-0.25, -0.2) is 0 Å². The maximum atomic E-state index is 4.24. The lowest BCUT2D eigenvalue weighted by Gasteiger charge is -2.34. The summed E-state index contributed by atoms with van der Waals surface area (Å²) in [5.41, 5.74) is 1.13. The molecule has 1 aromatic rings. The van der Waals surface area contributed by atoms with Gasteiger partial charge in [-0.3, -0.25) is 9.58 Å². The van der Waals surface area contributed by atoms with Crippen molar-refractivity contribution in [3.8, 4) is 0 Å². The fourth-order valence-corrected chi connectivity index (χ4v) is 3.98. The molecule has 0 aromatic carbocycles. The van der Waals surface area contributed by atoms with Gasteiger partial charge in [-0.15, -0.1) is 5.10 Å². The zero-order valence-electron chi connectivity index (χ0n) is 14.0. The van der Waals surface area contributed by atoms with Crippen LogP contribution < -0.4 is 5.32 Å². The van der Waals surface area contributed by atoms with Crippen LogP contribution in [0.1, 0.15) is 40.3 Å². The summed E-state index contributed by atoms with van der Waals surface area (Å²) in [6.07, 6.45) is 2.06. The van der Waals surface area contributed by atoms with E-state index in [1.54, 1.807) is 0 Å². The number of nitrogens with one attached hydrogen (secondary N) is 1. The molecule has 1 aromatic heterocycles. The van der Waals surface area contributed by atoms with Crippen LogP contribution in [0.25, 0.3) is 0 Å². The van der Waals surface area contributed by atoms with Gasteiger partial charge in [0.05, 0.1) is 12.2 Å². The van der Waals surface area contributed by atoms with Crippen LogP contribution in [0.15, 0.2) is 6.20 Å². The van der Waals surface area contributed by atoms with Gasteiger partial charge in [-0.2, -0.15) is 11.8 Å². The first kappa shape index (κ1) is 16.8. The first-order valence-corrected chi connectivity index (χ1v) is 8.78. The maximum Gasteiger partial charge on any atom is 0.0965 e. The Balaban J connectivity index is 1.77. The predicted molar refractivity (Wildman–Crippen MR) is 89.6 cm³/mol. The van der Waals surface area contributed by atoms with Crippen molar-refractivity contribution in [3.05, 3.63) is 11.9 Å². The van der Waals surface area contributed by atoms with E-state index in [4.69, 9.17) is 0 Å². The monoisotopic (exact) mass is 311 g/mol. The molecule has 120 valence electrons. The van der Waals surface area contributed by atoms with Crippen molar-refractivity contribution in [2.45, 2.75) is 63.7 Å². The lowest BCUT2D eigenvalue weighted by Crippen LogP contribution is -2.41. The van der Waals surface area contributed by atoms with Gasteiger partial charge in [0.25, 0.3) is 0 Å². The topological polar surface area (TPSA) is 46.0 Å². The fraction of sp³-hybridized carbons (Fsp3) is 0.867. The molecule has 0 radical (unpaired) electrons. The second-order valence-corrected chi connectivity index (χ2v) is 8.98. The number of hydrogen-bond donors (Lipinski definition) is 1. The molecule has 0 amide bonds. The van der Waals surface area contributed by atoms with Gasteiger partial charge >= 0.3 is 0 Å². The standard InChI is InChI=1S/C15H29N5S/c1-12-9-19(10-13(2)21-12)6-7-20-11-14(17-18-20)8-16-15(3,4)5/h11-13,16H,6-10H2,1-5H3. The molecule has 2 atom stereocenters. The molecule has 0 spiro atoms. The van der Waals surface area contributed by atoms with E-state index in [-0.39, 0.29) is 5.54 Å². The van der Waals surface area contributed by atoms with Crippen molar-refractivity contribution in [1.29, 1.82) is 0 Å². The Kier molecular flexibility index (Phi) is 5.68. The van der Waals surface area contributed by atoms with Crippen LogP contribution in [0.5, 0.6) is 0 Å². The maximum absolute atomic E-state index is 4.24. The average Bonchev–Trinajstić information content (AvgIpc) is 2.80. The molecule has 0 saturated carbocycles. The second-order valence-electron chi connectivity index (χ2n) is 7.09. The lowest BCUT2D eigenvalue weighted by molar-refractivity contribution is 0.255.